The molecule has 140 valence electrons. The molecule has 0 unspecified atom stereocenters. The molecule has 2 rings (SSSR count). The molecule has 1 fully saturated rings. The zero-order chi connectivity index (χ0) is 18.3. The van der Waals surface area contributed by atoms with Crippen molar-refractivity contribution in [1.82, 2.24) is 10.0 Å². The number of nitrogens with one attached hydrogen (secondary N) is 2. The largest absolute Gasteiger partial charge is 0.490 e. The topological polar surface area (TPSA) is 84.5 Å². The van der Waals surface area contributed by atoms with Gasteiger partial charge in [-0.3, -0.25) is 4.79 Å². The molecule has 1 aromatic rings. The Hall–Kier alpha value is -1.60. The Labute approximate surface area is 150 Å². The molecule has 25 heavy (non-hydrogen) atoms. The number of amides is 1. The molecule has 0 spiro atoms. The maximum atomic E-state index is 12.2. The second-order valence-electron chi connectivity index (χ2n) is 6.85. The summed E-state index contributed by atoms with van der Waals surface area (Å²) in [5, 5.41) is 2.70. The highest BCUT2D eigenvalue weighted by Gasteiger charge is 2.18. The lowest BCUT2D eigenvalue weighted by Gasteiger charge is -2.13. The third-order valence-electron chi connectivity index (χ3n) is 4.21. The Morgan fingerprint density at radius 3 is 2.44 bits per heavy atom. The van der Waals surface area contributed by atoms with Crippen molar-refractivity contribution >= 4 is 15.9 Å². The van der Waals surface area contributed by atoms with Gasteiger partial charge in [0.1, 0.15) is 5.75 Å². The first-order valence-electron chi connectivity index (χ1n) is 8.90. The van der Waals surface area contributed by atoms with E-state index in [0.29, 0.717) is 18.2 Å². The van der Waals surface area contributed by atoms with Crippen LogP contribution in [0.5, 0.6) is 5.75 Å². The molecular formula is C18H28N2O4S. The fraction of sp³-hybridized carbons (Fsp3) is 0.611. The van der Waals surface area contributed by atoms with Crippen LogP contribution in [0.25, 0.3) is 0 Å². The lowest BCUT2D eigenvalue weighted by Crippen LogP contribution is -2.37. The molecule has 0 heterocycles. The minimum atomic E-state index is -3.71. The number of sulfonamides is 1. The number of rotatable bonds is 9. The van der Waals surface area contributed by atoms with E-state index in [9.17, 15) is 13.2 Å². The van der Waals surface area contributed by atoms with Crippen molar-refractivity contribution in [3.8, 4) is 5.75 Å². The monoisotopic (exact) mass is 368 g/mol. The zero-order valence-corrected chi connectivity index (χ0v) is 15.8. The second kappa shape index (κ2) is 9.20. The Morgan fingerprint density at radius 1 is 1.20 bits per heavy atom. The van der Waals surface area contributed by atoms with Gasteiger partial charge in [-0.25, -0.2) is 13.1 Å². The van der Waals surface area contributed by atoms with Crippen LogP contribution in [0.1, 0.15) is 46.0 Å². The van der Waals surface area contributed by atoms with Gasteiger partial charge >= 0.3 is 0 Å². The molecule has 1 amide bonds. The van der Waals surface area contributed by atoms with E-state index in [1.165, 1.54) is 25.0 Å². The van der Waals surface area contributed by atoms with E-state index >= 15 is 0 Å². The summed E-state index contributed by atoms with van der Waals surface area (Å²) in [6, 6.07) is 6.33. The average molecular weight is 368 g/mol. The second-order valence-corrected chi connectivity index (χ2v) is 8.62. The molecule has 7 heteroatoms. The maximum absolute atomic E-state index is 12.2. The predicted molar refractivity (Wildman–Crippen MR) is 97.0 cm³/mol. The van der Waals surface area contributed by atoms with Gasteiger partial charge in [-0.15, -0.1) is 0 Å². The fourth-order valence-electron chi connectivity index (χ4n) is 2.70. The standard InChI is InChI=1S/C18H28N2O4S/c1-14(2)11-12-19-18(21)13-20-25(22,23)17-9-7-16(8-10-17)24-15-5-3-4-6-15/h7-10,14-15,20H,3-6,11-13H2,1-2H3,(H,19,21). The summed E-state index contributed by atoms with van der Waals surface area (Å²) >= 11 is 0. The van der Waals surface area contributed by atoms with Gasteiger partial charge in [-0.05, 0) is 62.3 Å². The summed E-state index contributed by atoms with van der Waals surface area (Å²) in [4.78, 5) is 11.8. The SMILES string of the molecule is CC(C)CCNC(=O)CNS(=O)(=O)c1ccc(OC2CCCC2)cc1. The van der Waals surface area contributed by atoms with E-state index in [1.54, 1.807) is 12.1 Å². The van der Waals surface area contributed by atoms with Gasteiger partial charge in [0.25, 0.3) is 0 Å². The van der Waals surface area contributed by atoms with Crippen LogP contribution in [0.2, 0.25) is 0 Å². The van der Waals surface area contributed by atoms with Crippen LogP contribution in [0.4, 0.5) is 0 Å². The van der Waals surface area contributed by atoms with Crippen molar-refractivity contribution in [1.29, 1.82) is 0 Å². The van der Waals surface area contributed by atoms with E-state index in [2.05, 4.69) is 23.9 Å². The molecule has 0 bridgehead atoms. The minimum absolute atomic E-state index is 0.126. The molecule has 6 nitrogen and oxygen atoms in total. The van der Waals surface area contributed by atoms with Crippen LogP contribution >= 0.6 is 0 Å². The number of hydrogen-bond acceptors (Lipinski definition) is 4. The molecule has 0 atom stereocenters. The minimum Gasteiger partial charge on any atom is -0.490 e. The van der Waals surface area contributed by atoms with Gasteiger partial charge in [0.05, 0.1) is 17.5 Å². The van der Waals surface area contributed by atoms with Gasteiger partial charge < -0.3 is 10.1 Å². The molecule has 1 aromatic carbocycles. The van der Waals surface area contributed by atoms with Gasteiger partial charge in [-0.2, -0.15) is 0 Å². The zero-order valence-electron chi connectivity index (χ0n) is 15.0. The Bertz CT molecular complexity index is 650. The molecule has 1 aliphatic carbocycles. The highest BCUT2D eigenvalue weighted by Crippen LogP contribution is 2.24. The maximum Gasteiger partial charge on any atom is 0.241 e. The molecular weight excluding hydrogens is 340 g/mol. The van der Waals surface area contributed by atoms with E-state index < -0.39 is 10.0 Å². The van der Waals surface area contributed by atoms with E-state index in [0.717, 1.165) is 19.3 Å². The van der Waals surface area contributed by atoms with Crippen molar-refractivity contribution < 1.29 is 17.9 Å². The normalized spacial score (nSPS) is 15.5. The number of hydrogen-bond donors (Lipinski definition) is 2. The Morgan fingerprint density at radius 2 is 1.84 bits per heavy atom. The van der Waals surface area contributed by atoms with Crippen LogP contribution in [-0.2, 0) is 14.8 Å². The molecule has 2 N–H and O–H groups in total. The van der Waals surface area contributed by atoms with Gasteiger partial charge in [-0.1, -0.05) is 13.8 Å². The highest BCUT2D eigenvalue weighted by atomic mass is 32.2. The highest BCUT2D eigenvalue weighted by molar-refractivity contribution is 7.89. The first-order valence-corrected chi connectivity index (χ1v) is 10.4. The van der Waals surface area contributed by atoms with Crippen molar-refractivity contribution in [3.05, 3.63) is 24.3 Å². The number of carbonyl (C=O) groups excluding carboxylic acids is 1. The van der Waals surface area contributed by atoms with E-state index in [-0.39, 0.29) is 23.5 Å². The van der Waals surface area contributed by atoms with E-state index in [1.807, 2.05) is 0 Å². The number of carbonyl (C=O) groups is 1. The van der Waals surface area contributed by atoms with Crippen molar-refractivity contribution in [3.63, 3.8) is 0 Å². The third kappa shape index (κ3) is 6.66. The third-order valence-corrected chi connectivity index (χ3v) is 5.62. The first kappa shape index (κ1) is 19.7. The molecule has 1 saturated carbocycles. The van der Waals surface area contributed by atoms with Crippen LogP contribution in [0.3, 0.4) is 0 Å². The number of benzene rings is 1. The Balaban J connectivity index is 1.83. The quantitative estimate of drug-likeness (QED) is 0.701. The van der Waals surface area contributed by atoms with Crippen LogP contribution in [0, 0.1) is 5.92 Å². The predicted octanol–water partition coefficient (Wildman–Crippen LogP) is 2.45. The molecule has 0 radical (unpaired) electrons. The van der Waals surface area contributed by atoms with Gasteiger partial charge in [0.15, 0.2) is 0 Å². The van der Waals surface area contributed by atoms with Crippen molar-refractivity contribution in [2.24, 2.45) is 5.92 Å². The summed E-state index contributed by atoms with van der Waals surface area (Å²) in [5.41, 5.74) is 0. The average Bonchev–Trinajstić information content (AvgIpc) is 3.06. The molecule has 0 aromatic heterocycles. The summed E-state index contributed by atoms with van der Waals surface area (Å²) in [6.07, 6.45) is 5.55. The lowest BCUT2D eigenvalue weighted by molar-refractivity contribution is -0.119. The molecule has 1 aliphatic rings. The van der Waals surface area contributed by atoms with Crippen molar-refractivity contribution in [2.45, 2.75) is 57.0 Å². The summed E-state index contributed by atoms with van der Waals surface area (Å²) in [5.74, 6) is 0.838. The number of ether oxygens (including phenoxy) is 1. The first-order chi connectivity index (χ1) is 11.9. The van der Waals surface area contributed by atoms with Crippen LogP contribution in [-0.4, -0.2) is 33.5 Å². The summed E-state index contributed by atoms with van der Waals surface area (Å²) in [6.45, 7) is 4.41. The van der Waals surface area contributed by atoms with Gasteiger partial charge in [0.2, 0.25) is 15.9 Å². The van der Waals surface area contributed by atoms with Gasteiger partial charge in [0, 0.05) is 6.54 Å². The van der Waals surface area contributed by atoms with Crippen LogP contribution < -0.4 is 14.8 Å². The molecule has 0 aliphatic heterocycles. The Kier molecular flexibility index (Phi) is 7.25. The molecule has 0 saturated heterocycles. The van der Waals surface area contributed by atoms with E-state index in [4.69, 9.17) is 4.74 Å². The smallest absolute Gasteiger partial charge is 0.241 e. The summed E-state index contributed by atoms with van der Waals surface area (Å²) in [7, 11) is -3.71. The lowest BCUT2D eigenvalue weighted by atomic mass is 10.1. The summed E-state index contributed by atoms with van der Waals surface area (Å²) < 4.78 is 32.6. The fourth-order valence-corrected chi connectivity index (χ4v) is 3.68. The van der Waals surface area contributed by atoms with Crippen LogP contribution in [0.15, 0.2) is 29.2 Å². The van der Waals surface area contributed by atoms with Crippen molar-refractivity contribution in [2.75, 3.05) is 13.1 Å².